The lowest BCUT2D eigenvalue weighted by atomic mass is 10.2. The van der Waals surface area contributed by atoms with Crippen LogP contribution in [0.2, 0.25) is 0 Å². The molecular formula is C15H20N4S. The maximum atomic E-state index is 5.23. The van der Waals surface area contributed by atoms with Crippen molar-refractivity contribution < 1.29 is 0 Å². The highest BCUT2D eigenvalue weighted by molar-refractivity contribution is 7.80. The number of hydrogen-bond acceptors (Lipinski definition) is 2. The first-order chi connectivity index (χ1) is 9.78. The highest BCUT2D eigenvalue weighted by atomic mass is 32.1. The first-order valence-electron chi connectivity index (χ1n) is 6.89. The monoisotopic (exact) mass is 288 g/mol. The van der Waals surface area contributed by atoms with Crippen LogP contribution in [0.4, 0.5) is 5.69 Å². The summed E-state index contributed by atoms with van der Waals surface area (Å²) < 4.78 is 1.90. The molecule has 4 nitrogen and oxygen atoms in total. The predicted molar refractivity (Wildman–Crippen MR) is 86.9 cm³/mol. The third-order valence-electron chi connectivity index (χ3n) is 2.89. The molecule has 0 unspecified atom stereocenters. The number of aromatic nitrogens is 2. The summed E-state index contributed by atoms with van der Waals surface area (Å²) in [5.41, 5.74) is 2.14. The summed E-state index contributed by atoms with van der Waals surface area (Å²) in [5.74, 6) is 0. The van der Waals surface area contributed by atoms with Crippen molar-refractivity contribution >= 4 is 23.0 Å². The average molecular weight is 288 g/mol. The molecule has 106 valence electrons. The molecule has 2 aromatic rings. The average Bonchev–Trinajstić information content (AvgIpc) is 2.87. The Hall–Kier alpha value is -1.88. The van der Waals surface area contributed by atoms with Crippen LogP contribution >= 0.6 is 12.2 Å². The number of nitrogens with one attached hydrogen (secondary N) is 2. The van der Waals surface area contributed by atoms with Crippen molar-refractivity contribution in [3.63, 3.8) is 0 Å². The molecule has 1 aromatic heterocycles. The maximum Gasteiger partial charge on any atom is 0.170 e. The van der Waals surface area contributed by atoms with Crippen LogP contribution in [0.3, 0.4) is 0 Å². The first kappa shape index (κ1) is 14.5. The summed E-state index contributed by atoms with van der Waals surface area (Å²) in [6, 6.07) is 10.3. The largest absolute Gasteiger partial charge is 0.362 e. The van der Waals surface area contributed by atoms with E-state index in [1.807, 2.05) is 29.1 Å². The zero-order valence-corrected chi connectivity index (χ0v) is 12.5. The highest BCUT2D eigenvalue weighted by Gasteiger charge is 2.01. The summed E-state index contributed by atoms with van der Waals surface area (Å²) in [7, 11) is 0. The van der Waals surface area contributed by atoms with Crippen molar-refractivity contribution in [1.29, 1.82) is 0 Å². The lowest BCUT2D eigenvalue weighted by Gasteiger charge is -2.07. The van der Waals surface area contributed by atoms with E-state index < -0.39 is 0 Å². The van der Waals surface area contributed by atoms with E-state index in [0.29, 0.717) is 5.11 Å². The summed E-state index contributed by atoms with van der Waals surface area (Å²) in [6.45, 7) is 3.82. The van der Waals surface area contributed by atoms with Gasteiger partial charge in [0.2, 0.25) is 0 Å². The molecule has 0 saturated heterocycles. The lowest BCUT2D eigenvalue weighted by molar-refractivity contribution is 0.687. The van der Waals surface area contributed by atoms with Crippen LogP contribution in [-0.2, 0) is 6.54 Å². The normalized spacial score (nSPS) is 10.2. The Morgan fingerprint density at radius 2 is 2.10 bits per heavy atom. The van der Waals surface area contributed by atoms with Crippen LogP contribution < -0.4 is 10.6 Å². The van der Waals surface area contributed by atoms with Crippen LogP contribution in [0, 0.1) is 0 Å². The fourth-order valence-corrected chi connectivity index (χ4v) is 2.06. The van der Waals surface area contributed by atoms with Gasteiger partial charge in [0.15, 0.2) is 5.11 Å². The van der Waals surface area contributed by atoms with Crippen molar-refractivity contribution in [2.24, 2.45) is 0 Å². The van der Waals surface area contributed by atoms with Crippen molar-refractivity contribution in [1.82, 2.24) is 15.1 Å². The number of benzene rings is 1. The van der Waals surface area contributed by atoms with E-state index in [1.54, 1.807) is 6.20 Å². The van der Waals surface area contributed by atoms with Gasteiger partial charge < -0.3 is 10.6 Å². The molecule has 0 atom stereocenters. The lowest BCUT2D eigenvalue weighted by Crippen LogP contribution is -2.28. The van der Waals surface area contributed by atoms with E-state index in [9.17, 15) is 0 Å². The van der Waals surface area contributed by atoms with E-state index >= 15 is 0 Å². The Kier molecular flexibility index (Phi) is 5.55. The molecule has 0 spiro atoms. The molecule has 1 aromatic carbocycles. The molecule has 20 heavy (non-hydrogen) atoms. The molecule has 2 N–H and O–H groups in total. The van der Waals surface area contributed by atoms with Gasteiger partial charge in [-0.2, -0.15) is 5.10 Å². The third kappa shape index (κ3) is 4.66. The van der Waals surface area contributed by atoms with Crippen LogP contribution in [0.15, 0.2) is 42.7 Å². The second kappa shape index (κ2) is 7.65. The van der Waals surface area contributed by atoms with Crippen LogP contribution in [-0.4, -0.2) is 21.4 Å². The molecule has 5 heteroatoms. The number of unbranched alkanes of at least 4 members (excludes halogenated alkanes) is 1. The fourth-order valence-electron chi connectivity index (χ4n) is 1.84. The standard InChI is InChI=1S/C15H20N4S/c1-2-3-9-16-15(20)18-14-10-17-19(12-14)11-13-7-5-4-6-8-13/h4-8,10,12H,2-3,9,11H2,1H3,(H2,16,18,20). The van der Waals surface area contributed by atoms with Crippen LogP contribution in [0.1, 0.15) is 25.3 Å². The molecule has 1 heterocycles. The SMILES string of the molecule is CCCCNC(=S)Nc1cnn(Cc2ccccc2)c1. The molecule has 0 fully saturated rings. The van der Waals surface area contributed by atoms with Gasteiger partial charge in [-0.3, -0.25) is 4.68 Å². The number of thiocarbonyl (C=S) groups is 1. The molecule has 2 rings (SSSR count). The topological polar surface area (TPSA) is 41.9 Å². The first-order valence-corrected chi connectivity index (χ1v) is 7.30. The van der Waals surface area contributed by atoms with Crippen LogP contribution in [0.5, 0.6) is 0 Å². The van der Waals surface area contributed by atoms with Crippen molar-refractivity contribution in [2.45, 2.75) is 26.3 Å². The number of anilines is 1. The zero-order chi connectivity index (χ0) is 14.2. The molecule has 0 aliphatic heterocycles. The fraction of sp³-hybridized carbons (Fsp3) is 0.333. The third-order valence-corrected chi connectivity index (χ3v) is 3.14. The van der Waals surface area contributed by atoms with Gasteiger partial charge in [-0.1, -0.05) is 43.7 Å². The van der Waals surface area contributed by atoms with E-state index in [1.165, 1.54) is 5.56 Å². The Morgan fingerprint density at radius 3 is 2.85 bits per heavy atom. The Bertz CT molecular complexity index is 536. The van der Waals surface area contributed by atoms with Crippen molar-refractivity contribution in [3.05, 3.63) is 48.3 Å². The van der Waals surface area contributed by atoms with Crippen LogP contribution in [0.25, 0.3) is 0 Å². The molecule has 0 radical (unpaired) electrons. The number of hydrogen-bond donors (Lipinski definition) is 2. The minimum Gasteiger partial charge on any atom is -0.362 e. The molecule has 0 aliphatic carbocycles. The second-order valence-electron chi connectivity index (χ2n) is 4.65. The van der Waals surface area contributed by atoms with Gasteiger partial charge in [-0.05, 0) is 24.2 Å². The highest BCUT2D eigenvalue weighted by Crippen LogP contribution is 2.07. The summed E-state index contributed by atoms with van der Waals surface area (Å²) in [6.07, 6.45) is 6.03. The summed E-state index contributed by atoms with van der Waals surface area (Å²) in [4.78, 5) is 0. The quantitative estimate of drug-likeness (QED) is 0.633. The predicted octanol–water partition coefficient (Wildman–Crippen LogP) is 3.02. The van der Waals surface area contributed by atoms with E-state index in [-0.39, 0.29) is 0 Å². The van der Waals surface area contributed by atoms with Gasteiger partial charge in [0.1, 0.15) is 0 Å². The molecular weight excluding hydrogens is 268 g/mol. The number of rotatable bonds is 6. The van der Waals surface area contributed by atoms with Gasteiger partial charge >= 0.3 is 0 Å². The minimum atomic E-state index is 0.651. The maximum absolute atomic E-state index is 5.23. The van der Waals surface area contributed by atoms with Gasteiger partial charge in [-0.25, -0.2) is 0 Å². The Morgan fingerprint density at radius 1 is 1.30 bits per heavy atom. The summed E-state index contributed by atoms with van der Waals surface area (Å²) in [5, 5.41) is 11.3. The molecule has 0 bridgehead atoms. The van der Waals surface area contributed by atoms with E-state index in [0.717, 1.165) is 31.6 Å². The molecule has 0 amide bonds. The van der Waals surface area contributed by atoms with Crippen molar-refractivity contribution in [2.75, 3.05) is 11.9 Å². The molecule has 0 aliphatic rings. The molecule has 0 saturated carbocycles. The zero-order valence-electron chi connectivity index (χ0n) is 11.7. The summed E-state index contributed by atoms with van der Waals surface area (Å²) >= 11 is 5.23. The van der Waals surface area contributed by atoms with E-state index in [2.05, 4.69) is 34.8 Å². The van der Waals surface area contributed by atoms with Crippen molar-refractivity contribution in [3.8, 4) is 0 Å². The minimum absolute atomic E-state index is 0.651. The Labute approximate surface area is 125 Å². The van der Waals surface area contributed by atoms with Gasteiger partial charge in [0.05, 0.1) is 18.4 Å². The van der Waals surface area contributed by atoms with Gasteiger partial charge in [-0.15, -0.1) is 0 Å². The second-order valence-corrected chi connectivity index (χ2v) is 5.05. The Balaban J connectivity index is 1.84. The smallest absolute Gasteiger partial charge is 0.170 e. The van der Waals surface area contributed by atoms with Gasteiger partial charge in [0.25, 0.3) is 0 Å². The van der Waals surface area contributed by atoms with Gasteiger partial charge in [0, 0.05) is 12.7 Å². The van der Waals surface area contributed by atoms with E-state index in [4.69, 9.17) is 12.2 Å². The number of nitrogens with zero attached hydrogens (tertiary/aromatic N) is 2.